The van der Waals surface area contributed by atoms with E-state index < -0.39 is 0 Å². The average Bonchev–Trinajstić information content (AvgIpc) is 3.33. The van der Waals surface area contributed by atoms with E-state index in [1.54, 1.807) is 47.4 Å². The van der Waals surface area contributed by atoms with Gasteiger partial charge in [0.05, 0.1) is 4.92 Å². The fraction of sp³-hybridized carbons (Fsp3) is 0.250. The van der Waals surface area contributed by atoms with Gasteiger partial charge in [-0.2, -0.15) is 0 Å². The summed E-state index contributed by atoms with van der Waals surface area (Å²) < 4.78 is 10.7. The number of benzene rings is 2. The van der Waals surface area contributed by atoms with Gasteiger partial charge in [-0.3, -0.25) is 14.9 Å². The molecule has 1 fully saturated rings. The second-order valence-corrected chi connectivity index (χ2v) is 6.67. The van der Waals surface area contributed by atoms with Crippen LogP contribution in [-0.2, 0) is 4.79 Å². The fourth-order valence-corrected chi connectivity index (χ4v) is 3.31. The third-order valence-electron chi connectivity index (χ3n) is 4.88. The van der Waals surface area contributed by atoms with Crippen LogP contribution >= 0.6 is 0 Å². The Balaban J connectivity index is 1.29. The van der Waals surface area contributed by atoms with E-state index in [-0.39, 0.29) is 23.1 Å². The number of hydrogen-bond donors (Lipinski definition) is 0. The molecule has 0 saturated carbocycles. The maximum absolute atomic E-state index is 12.5. The molecule has 1 aliphatic heterocycles. The Morgan fingerprint density at radius 2 is 1.83 bits per heavy atom. The number of anilines is 1. The Morgan fingerprint density at radius 1 is 1.10 bits per heavy atom. The lowest BCUT2D eigenvalue weighted by Crippen LogP contribution is -2.50. The molecule has 1 amide bonds. The third kappa shape index (κ3) is 4.22. The summed E-state index contributed by atoms with van der Waals surface area (Å²) in [5.74, 6) is 0.845. The number of aromatic nitrogens is 2. The first kappa shape index (κ1) is 19.4. The highest BCUT2D eigenvalue weighted by molar-refractivity contribution is 5.78. The first-order valence-electron chi connectivity index (χ1n) is 9.37. The zero-order valence-electron chi connectivity index (χ0n) is 16.0. The Bertz CT molecular complexity index is 1010. The van der Waals surface area contributed by atoms with Crippen molar-refractivity contribution in [3.63, 3.8) is 0 Å². The minimum absolute atomic E-state index is 0.0737. The summed E-state index contributed by atoms with van der Waals surface area (Å²) in [6.07, 6.45) is 1.26. The molecule has 1 aromatic heterocycles. The fourth-order valence-electron chi connectivity index (χ4n) is 3.31. The number of nitrogens with zero attached hydrogens (tertiary/aromatic N) is 5. The van der Waals surface area contributed by atoms with Crippen LogP contribution in [0.25, 0.3) is 11.5 Å². The number of carbonyl (C=O) groups is 1. The second-order valence-electron chi connectivity index (χ2n) is 6.67. The predicted molar refractivity (Wildman–Crippen MR) is 107 cm³/mol. The lowest BCUT2D eigenvalue weighted by Gasteiger charge is -2.35. The molecule has 10 heteroatoms. The van der Waals surface area contributed by atoms with Crippen LogP contribution < -0.4 is 9.64 Å². The summed E-state index contributed by atoms with van der Waals surface area (Å²) >= 11 is 0. The van der Waals surface area contributed by atoms with Crippen molar-refractivity contribution >= 4 is 17.3 Å². The molecule has 154 valence electrons. The molecule has 1 aliphatic rings. The van der Waals surface area contributed by atoms with Crippen LogP contribution in [0, 0.1) is 10.1 Å². The second kappa shape index (κ2) is 8.60. The molecular formula is C20H19N5O5. The number of nitro benzene ring substituents is 1. The number of piperazine rings is 1. The molecule has 0 spiro atoms. The predicted octanol–water partition coefficient (Wildman–Crippen LogP) is 2.37. The highest BCUT2D eigenvalue weighted by atomic mass is 16.6. The first-order valence-corrected chi connectivity index (χ1v) is 9.37. The van der Waals surface area contributed by atoms with Crippen LogP contribution in [-0.4, -0.2) is 58.7 Å². The summed E-state index contributed by atoms with van der Waals surface area (Å²) in [7, 11) is 0. The zero-order valence-corrected chi connectivity index (χ0v) is 16.0. The summed E-state index contributed by atoms with van der Waals surface area (Å²) in [6, 6.07) is 13.7. The minimum Gasteiger partial charge on any atom is -0.484 e. The number of para-hydroxylation sites is 2. The Labute approximate surface area is 171 Å². The van der Waals surface area contributed by atoms with Gasteiger partial charge in [0.15, 0.2) is 6.61 Å². The van der Waals surface area contributed by atoms with Crippen LogP contribution in [0.2, 0.25) is 0 Å². The number of carbonyl (C=O) groups excluding carboxylic acids is 1. The van der Waals surface area contributed by atoms with Gasteiger partial charge in [-0.1, -0.05) is 12.1 Å². The topological polar surface area (TPSA) is 115 Å². The van der Waals surface area contributed by atoms with Crippen molar-refractivity contribution in [1.82, 2.24) is 15.1 Å². The van der Waals surface area contributed by atoms with Gasteiger partial charge in [0.25, 0.3) is 11.6 Å². The van der Waals surface area contributed by atoms with E-state index in [0.717, 1.165) is 5.56 Å². The van der Waals surface area contributed by atoms with Crippen LogP contribution in [0.15, 0.2) is 59.3 Å². The first-order chi connectivity index (χ1) is 14.6. The van der Waals surface area contributed by atoms with Crippen molar-refractivity contribution in [3.8, 4) is 17.2 Å². The Morgan fingerprint density at radius 3 is 2.50 bits per heavy atom. The van der Waals surface area contributed by atoms with Crippen molar-refractivity contribution < 1.29 is 18.9 Å². The molecule has 0 unspecified atom stereocenters. The molecule has 2 heterocycles. The van der Waals surface area contributed by atoms with E-state index in [2.05, 4.69) is 10.2 Å². The van der Waals surface area contributed by atoms with Gasteiger partial charge in [-0.25, -0.2) is 0 Å². The minimum atomic E-state index is -0.384. The monoisotopic (exact) mass is 409 g/mol. The number of rotatable bonds is 6. The number of nitro groups is 1. The molecule has 0 atom stereocenters. The molecule has 30 heavy (non-hydrogen) atoms. The summed E-state index contributed by atoms with van der Waals surface area (Å²) in [6.45, 7) is 1.92. The lowest BCUT2D eigenvalue weighted by atomic mass is 10.2. The Hall–Kier alpha value is -3.95. The number of amides is 1. The van der Waals surface area contributed by atoms with Crippen molar-refractivity contribution in [2.45, 2.75) is 0 Å². The van der Waals surface area contributed by atoms with Crippen molar-refractivity contribution in [2.24, 2.45) is 0 Å². The SMILES string of the molecule is O=C(COc1ccc(-c2nnco2)cc1)N1CCN(c2ccccc2[N+](=O)[O-])CC1. The van der Waals surface area contributed by atoms with Gasteiger partial charge >= 0.3 is 0 Å². The van der Waals surface area contributed by atoms with Gasteiger partial charge in [-0.05, 0) is 30.3 Å². The Kier molecular flexibility index (Phi) is 5.55. The molecule has 10 nitrogen and oxygen atoms in total. The average molecular weight is 409 g/mol. The zero-order chi connectivity index (χ0) is 20.9. The van der Waals surface area contributed by atoms with Crippen molar-refractivity contribution in [3.05, 3.63) is 65.0 Å². The quantitative estimate of drug-likeness (QED) is 0.450. The largest absolute Gasteiger partial charge is 0.484 e. The molecule has 3 aromatic rings. The standard InChI is InChI=1S/C20H19N5O5/c26-19(13-29-16-7-5-15(6-8-16)20-22-21-14-30-20)24-11-9-23(10-12-24)17-3-1-2-4-18(17)25(27)28/h1-8,14H,9-13H2. The summed E-state index contributed by atoms with van der Waals surface area (Å²) in [5.41, 5.74) is 1.41. The molecule has 0 aliphatic carbocycles. The van der Waals surface area contributed by atoms with E-state index in [0.29, 0.717) is 43.5 Å². The van der Waals surface area contributed by atoms with Gasteiger partial charge in [0.1, 0.15) is 11.4 Å². The summed E-state index contributed by atoms with van der Waals surface area (Å²) in [5, 5.41) is 18.7. The molecule has 0 N–H and O–H groups in total. The smallest absolute Gasteiger partial charge is 0.292 e. The van der Waals surface area contributed by atoms with E-state index in [9.17, 15) is 14.9 Å². The van der Waals surface area contributed by atoms with Crippen LogP contribution in [0.1, 0.15) is 0 Å². The molecule has 2 aromatic carbocycles. The molecule has 0 bridgehead atoms. The van der Waals surface area contributed by atoms with Crippen molar-refractivity contribution in [1.29, 1.82) is 0 Å². The maximum Gasteiger partial charge on any atom is 0.292 e. The van der Waals surface area contributed by atoms with Crippen LogP contribution in [0.5, 0.6) is 5.75 Å². The van der Waals surface area contributed by atoms with E-state index in [4.69, 9.17) is 9.15 Å². The van der Waals surface area contributed by atoms with E-state index in [1.165, 1.54) is 12.5 Å². The molecule has 0 radical (unpaired) electrons. The molecule has 4 rings (SSSR count). The van der Waals surface area contributed by atoms with Crippen molar-refractivity contribution in [2.75, 3.05) is 37.7 Å². The molecule has 1 saturated heterocycles. The number of ether oxygens (including phenoxy) is 1. The normalized spacial score (nSPS) is 13.9. The number of hydrogen-bond acceptors (Lipinski definition) is 8. The van der Waals surface area contributed by atoms with Gasteiger partial charge < -0.3 is 19.0 Å². The van der Waals surface area contributed by atoms with Crippen LogP contribution in [0.3, 0.4) is 0 Å². The lowest BCUT2D eigenvalue weighted by molar-refractivity contribution is -0.384. The van der Waals surface area contributed by atoms with Gasteiger partial charge in [0.2, 0.25) is 12.3 Å². The van der Waals surface area contributed by atoms with Gasteiger partial charge in [0, 0.05) is 37.8 Å². The molecular weight excluding hydrogens is 390 g/mol. The van der Waals surface area contributed by atoms with Crippen LogP contribution in [0.4, 0.5) is 11.4 Å². The maximum atomic E-state index is 12.5. The summed E-state index contributed by atoms with van der Waals surface area (Å²) in [4.78, 5) is 27.0. The van der Waals surface area contributed by atoms with Gasteiger partial charge in [-0.15, -0.1) is 10.2 Å². The highest BCUT2D eigenvalue weighted by Crippen LogP contribution is 2.28. The third-order valence-corrected chi connectivity index (χ3v) is 4.88. The highest BCUT2D eigenvalue weighted by Gasteiger charge is 2.25. The van der Waals surface area contributed by atoms with E-state index >= 15 is 0 Å². The van der Waals surface area contributed by atoms with E-state index in [1.807, 2.05) is 4.90 Å².